The molecule has 2 aromatic carbocycles. The van der Waals surface area contributed by atoms with Crippen LogP contribution in [0.4, 0.5) is 5.69 Å². The SMILES string of the molecule is CCC(NC(=O)c1ccc(NC(=O)C2CC2C)cc1)(C(=O)O)c1ccccc1. The summed E-state index contributed by atoms with van der Waals surface area (Å²) in [5.74, 6) is -1.13. The number of hydrogen-bond donors (Lipinski definition) is 3. The number of benzene rings is 2. The lowest BCUT2D eigenvalue weighted by molar-refractivity contribution is -0.145. The van der Waals surface area contributed by atoms with E-state index in [4.69, 9.17) is 0 Å². The van der Waals surface area contributed by atoms with E-state index in [0.717, 1.165) is 6.42 Å². The first-order valence-electron chi connectivity index (χ1n) is 9.39. The molecule has 0 aromatic heterocycles. The Balaban J connectivity index is 1.75. The van der Waals surface area contributed by atoms with E-state index < -0.39 is 17.4 Å². The second kappa shape index (κ2) is 7.84. The van der Waals surface area contributed by atoms with Crippen LogP contribution in [0.5, 0.6) is 0 Å². The number of aliphatic carboxylic acids is 1. The lowest BCUT2D eigenvalue weighted by Gasteiger charge is -2.30. The van der Waals surface area contributed by atoms with E-state index in [1.807, 2.05) is 6.92 Å². The Hall–Kier alpha value is -3.15. The first-order chi connectivity index (χ1) is 13.4. The first-order valence-corrected chi connectivity index (χ1v) is 9.39. The van der Waals surface area contributed by atoms with Crippen LogP contribution in [0.25, 0.3) is 0 Å². The molecule has 6 nitrogen and oxygen atoms in total. The van der Waals surface area contributed by atoms with Crippen molar-refractivity contribution in [3.05, 3.63) is 65.7 Å². The quantitative estimate of drug-likeness (QED) is 0.686. The van der Waals surface area contributed by atoms with Crippen molar-refractivity contribution in [2.45, 2.75) is 32.2 Å². The fourth-order valence-corrected chi connectivity index (χ4v) is 3.31. The van der Waals surface area contributed by atoms with Crippen molar-refractivity contribution >= 4 is 23.5 Å². The van der Waals surface area contributed by atoms with Crippen LogP contribution in [0.3, 0.4) is 0 Å². The van der Waals surface area contributed by atoms with E-state index in [1.54, 1.807) is 61.5 Å². The third kappa shape index (κ3) is 3.91. The van der Waals surface area contributed by atoms with Crippen molar-refractivity contribution in [2.24, 2.45) is 11.8 Å². The number of nitrogens with one attached hydrogen (secondary N) is 2. The highest BCUT2D eigenvalue weighted by Gasteiger charge is 2.40. The van der Waals surface area contributed by atoms with Gasteiger partial charge >= 0.3 is 5.97 Å². The standard InChI is InChI=1S/C22H24N2O4/c1-3-22(21(27)28,16-7-5-4-6-8-16)24-19(25)15-9-11-17(12-10-15)23-20(26)18-13-14(18)2/h4-12,14,18H,3,13H2,1-2H3,(H,23,26)(H,24,25)(H,27,28). The minimum absolute atomic E-state index is 0.00958. The topological polar surface area (TPSA) is 95.5 Å². The molecule has 0 aliphatic heterocycles. The van der Waals surface area contributed by atoms with Gasteiger partial charge in [0, 0.05) is 17.2 Å². The molecular formula is C22H24N2O4. The predicted molar refractivity (Wildman–Crippen MR) is 106 cm³/mol. The van der Waals surface area contributed by atoms with Gasteiger partial charge in [-0.25, -0.2) is 4.79 Å². The highest BCUT2D eigenvalue weighted by atomic mass is 16.4. The minimum atomic E-state index is -1.51. The van der Waals surface area contributed by atoms with Gasteiger partial charge in [0.2, 0.25) is 5.91 Å². The molecular weight excluding hydrogens is 356 g/mol. The lowest BCUT2D eigenvalue weighted by atomic mass is 9.87. The normalized spacial score (nSPS) is 19.9. The van der Waals surface area contributed by atoms with Gasteiger partial charge in [-0.1, -0.05) is 44.2 Å². The van der Waals surface area contributed by atoms with Crippen molar-refractivity contribution < 1.29 is 19.5 Å². The molecule has 0 radical (unpaired) electrons. The summed E-state index contributed by atoms with van der Waals surface area (Å²) in [6, 6.07) is 15.1. The summed E-state index contributed by atoms with van der Waals surface area (Å²) in [6.45, 7) is 3.76. The fourth-order valence-electron chi connectivity index (χ4n) is 3.31. The Morgan fingerprint density at radius 2 is 1.68 bits per heavy atom. The van der Waals surface area contributed by atoms with E-state index in [0.29, 0.717) is 22.7 Å². The summed E-state index contributed by atoms with van der Waals surface area (Å²) in [6.07, 6.45) is 1.10. The number of anilines is 1. The first kappa shape index (κ1) is 19.6. The van der Waals surface area contributed by atoms with Gasteiger partial charge in [0.25, 0.3) is 5.91 Å². The third-order valence-corrected chi connectivity index (χ3v) is 5.35. The lowest BCUT2D eigenvalue weighted by Crippen LogP contribution is -2.51. The average molecular weight is 380 g/mol. The number of hydrogen-bond acceptors (Lipinski definition) is 3. The molecule has 0 saturated heterocycles. The Morgan fingerprint density at radius 3 is 2.18 bits per heavy atom. The molecule has 3 atom stereocenters. The van der Waals surface area contributed by atoms with Gasteiger partial charge in [-0.15, -0.1) is 0 Å². The Labute approximate surface area is 164 Å². The predicted octanol–water partition coefficient (Wildman–Crippen LogP) is 3.40. The number of rotatable bonds is 7. The molecule has 28 heavy (non-hydrogen) atoms. The molecule has 146 valence electrons. The maximum absolute atomic E-state index is 12.7. The number of carbonyl (C=O) groups is 3. The van der Waals surface area contributed by atoms with E-state index in [9.17, 15) is 19.5 Å². The average Bonchev–Trinajstić information content (AvgIpc) is 3.44. The van der Waals surface area contributed by atoms with Crippen LogP contribution in [0.2, 0.25) is 0 Å². The van der Waals surface area contributed by atoms with E-state index in [1.165, 1.54) is 0 Å². The van der Waals surface area contributed by atoms with E-state index >= 15 is 0 Å². The molecule has 0 bridgehead atoms. The fraction of sp³-hybridized carbons (Fsp3) is 0.318. The smallest absolute Gasteiger partial charge is 0.334 e. The second-order valence-electron chi connectivity index (χ2n) is 7.27. The van der Waals surface area contributed by atoms with Crippen LogP contribution in [-0.2, 0) is 15.1 Å². The minimum Gasteiger partial charge on any atom is -0.479 e. The summed E-state index contributed by atoms with van der Waals surface area (Å²) in [4.78, 5) is 36.8. The largest absolute Gasteiger partial charge is 0.479 e. The van der Waals surface area contributed by atoms with Gasteiger partial charge in [-0.3, -0.25) is 9.59 Å². The van der Waals surface area contributed by atoms with Crippen molar-refractivity contribution in [1.29, 1.82) is 0 Å². The van der Waals surface area contributed by atoms with Crippen LogP contribution in [-0.4, -0.2) is 22.9 Å². The second-order valence-corrected chi connectivity index (χ2v) is 7.27. The van der Waals surface area contributed by atoms with Crippen LogP contribution in [0.15, 0.2) is 54.6 Å². The number of carbonyl (C=O) groups excluding carboxylic acids is 2. The van der Waals surface area contributed by atoms with E-state index in [-0.39, 0.29) is 18.2 Å². The molecule has 1 aliphatic carbocycles. The van der Waals surface area contributed by atoms with Gasteiger partial charge in [0.1, 0.15) is 0 Å². The number of amides is 2. The van der Waals surface area contributed by atoms with Crippen LogP contribution < -0.4 is 10.6 Å². The van der Waals surface area contributed by atoms with Crippen LogP contribution in [0.1, 0.15) is 42.6 Å². The molecule has 3 rings (SSSR count). The van der Waals surface area contributed by atoms with Crippen molar-refractivity contribution in [3.63, 3.8) is 0 Å². The van der Waals surface area contributed by atoms with Gasteiger partial charge in [-0.2, -0.15) is 0 Å². The molecule has 3 unspecified atom stereocenters. The molecule has 3 N–H and O–H groups in total. The van der Waals surface area contributed by atoms with E-state index in [2.05, 4.69) is 10.6 Å². The maximum Gasteiger partial charge on any atom is 0.334 e. The molecule has 1 fully saturated rings. The van der Waals surface area contributed by atoms with Gasteiger partial charge in [-0.05, 0) is 48.6 Å². The molecule has 2 aromatic rings. The summed E-state index contributed by atoms with van der Waals surface area (Å²) in [7, 11) is 0. The van der Waals surface area contributed by atoms with Crippen LogP contribution in [0, 0.1) is 11.8 Å². The Morgan fingerprint density at radius 1 is 1.07 bits per heavy atom. The summed E-state index contributed by atoms with van der Waals surface area (Å²) < 4.78 is 0. The Bertz CT molecular complexity index is 879. The molecule has 1 saturated carbocycles. The molecule has 0 heterocycles. The van der Waals surface area contributed by atoms with Crippen molar-refractivity contribution in [3.8, 4) is 0 Å². The van der Waals surface area contributed by atoms with Gasteiger partial charge in [0.05, 0.1) is 0 Å². The zero-order valence-corrected chi connectivity index (χ0v) is 15.9. The molecule has 2 amide bonds. The number of carboxylic acid groups (broad SMARTS) is 1. The van der Waals surface area contributed by atoms with Crippen LogP contribution >= 0.6 is 0 Å². The summed E-state index contributed by atoms with van der Waals surface area (Å²) in [5, 5.41) is 15.4. The summed E-state index contributed by atoms with van der Waals surface area (Å²) in [5.41, 5.74) is -0.0508. The summed E-state index contributed by atoms with van der Waals surface area (Å²) >= 11 is 0. The maximum atomic E-state index is 12.7. The highest BCUT2D eigenvalue weighted by Crippen LogP contribution is 2.38. The van der Waals surface area contributed by atoms with Gasteiger partial charge in [0.15, 0.2) is 5.54 Å². The third-order valence-electron chi connectivity index (χ3n) is 5.35. The molecule has 6 heteroatoms. The van der Waals surface area contributed by atoms with Crippen molar-refractivity contribution in [2.75, 3.05) is 5.32 Å². The Kier molecular flexibility index (Phi) is 5.49. The molecule has 1 aliphatic rings. The van der Waals surface area contributed by atoms with Crippen molar-refractivity contribution in [1.82, 2.24) is 5.32 Å². The zero-order valence-electron chi connectivity index (χ0n) is 15.9. The zero-order chi connectivity index (χ0) is 20.3. The monoisotopic (exact) mass is 380 g/mol. The van der Waals surface area contributed by atoms with Gasteiger partial charge < -0.3 is 15.7 Å². The highest BCUT2D eigenvalue weighted by molar-refractivity contribution is 5.99. The molecule has 0 spiro atoms. The number of carboxylic acids is 1.